The van der Waals surface area contributed by atoms with Crippen molar-refractivity contribution in [2.24, 2.45) is 0 Å². The lowest BCUT2D eigenvalue weighted by molar-refractivity contribution is -0.132. The van der Waals surface area contributed by atoms with Gasteiger partial charge in [-0.25, -0.2) is 33.6 Å². The van der Waals surface area contributed by atoms with Crippen LogP contribution in [0, 0.1) is 0 Å². The average Bonchev–Trinajstić information content (AvgIpc) is 2.85. The summed E-state index contributed by atoms with van der Waals surface area (Å²) in [6.45, 7) is 14.8. The summed E-state index contributed by atoms with van der Waals surface area (Å²) in [6, 6.07) is 5.48. The second-order valence-corrected chi connectivity index (χ2v) is 4.87. The van der Waals surface area contributed by atoms with E-state index >= 15 is 0 Å². The number of carboxylic acids is 7. The molecule has 0 unspecified atom stereocenters. The third-order valence-corrected chi connectivity index (χ3v) is 2.26. The van der Waals surface area contributed by atoms with Crippen molar-refractivity contribution in [1.29, 1.82) is 0 Å². The molecule has 0 atom stereocenters. The van der Waals surface area contributed by atoms with Crippen molar-refractivity contribution in [3.05, 3.63) is 98.7 Å². The first-order chi connectivity index (χ1) is 17.0. The van der Waals surface area contributed by atoms with Crippen LogP contribution in [0.3, 0.4) is 0 Å². The van der Waals surface area contributed by atoms with Gasteiger partial charge >= 0.3 is 41.8 Å². The smallest absolute Gasteiger partial charge is 0.336 e. The Morgan fingerprint density at radius 2 is 0.568 bits per heavy atom. The first kappa shape index (κ1) is 41.5. The zero-order valence-electron chi connectivity index (χ0n) is 19.2. The number of benzene rings is 1. The van der Waals surface area contributed by atoms with E-state index in [1.54, 1.807) is 0 Å². The molecule has 0 aliphatic heterocycles. The zero-order chi connectivity index (χ0) is 30.6. The van der Waals surface area contributed by atoms with Crippen LogP contribution in [0.5, 0.6) is 0 Å². The molecule has 202 valence electrons. The molecule has 0 aliphatic carbocycles. The van der Waals surface area contributed by atoms with E-state index in [4.69, 9.17) is 35.7 Å². The highest BCUT2D eigenvalue weighted by molar-refractivity contribution is 6.01. The molecule has 0 heterocycles. The monoisotopic (exact) mass is 526 g/mol. The van der Waals surface area contributed by atoms with Gasteiger partial charge in [0.25, 0.3) is 0 Å². The van der Waals surface area contributed by atoms with Crippen molar-refractivity contribution in [2.45, 2.75) is 0 Å². The lowest BCUT2D eigenvalue weighted by atomic mass is 10.1. The van der Waals surface area contributed by atoms with Crippen LogP contribution in [-0.2, 0) is 24.0 Å². The lowest BCUT2D eigenvalue weighted by Gasteiger charge is -1.98. The van der Waals surface area contributed by atoms with E-state index in [-0.39, 0.29) is 11.1 Å². The molecular weight excluding hydrogens is 500 g/mol. The van der Waals surface area contributed by atoms with Crippen molar-refractivity contribution in [3.63, 3.8) is 0 Å². The summed E-state index contributed by atoms with van der Waals surface area (Å²) in [4.78, 5) is 67.2. The Morgan fingerprint density at radius 3 is 0.649 bits per heavy atom. The molecule has 0 aromatic heterocycles. The number of hydrogen-bond acceptors (Lipinski definition) is 7. The quantitative estimate of drug-likeness (QED) is 0.252. The summed E-state index contributed by atoms with van der Waals surface area (Å²) in [5.74, 6) is -7.36. The minimum atomic E-state index is -1.23. The fraction of sp³-hybridized carbons (Fsp3) is 0. The molecule has 0 saturated heterocycles. The number of aliphatic carboxylic acids is 5. The molecule has 1 rings (SSSR count). The fourth-order valence-corrected chi connectivity index (χ4v) is 0.856. The van der Waals surface area contributed by atoms with E-state index in [1.165, 1.54) is 24.3 Å². The van der Waals surface area contributed by atoms with E-state index < -0.39 is 41.8 Å². The molecule has 1 aromatic rings. The van der Waals surface area contributed by atoms with Gasteiger partial charge in [0.15, 0.2) is 0 Å². The number of aromatic carboxylic acids is 2. The number of carbonyl (C=O) groups is 7. The summed E-state index contributed by atoms with van der Waals surface area (Å²) >= 11 is 0. The van der Waals surface area contributed by atoms with E-state index in [0.29, 0.717) is 0 Å². The van der Waals surface area contributed by atoms with Crippen molar-refractivity contribution in [2.75, 3.05) is 0 Å². The van der Waals surface area contributed by atoms with Crippen molar-refractivity contribution < 1.29 is 69.3 Å². The van der Waals surface area contributed by atoms with Crippen LogP contribution >= 0.6 is 0 Å². The van der Waals surface area contributed by atoms with Crippen LogP contribution in [0.4, 0.5) is 0 Å². The van der Waals surface area contributed by atoms with Gasteiger partial charge in [-0.05, 0) is 12.1 Å². The number of rotatable bonds is 7. The Bertz CT molecular complexity index is 836. The van der Waals surface area contributed by atoms with Crippen molar-refractivity contribution >= 4 is 41.8 Å². The molecule has 37 heavy (non-hydrogen) atoms. The number of hydrogen-bond donors (Lipinski definition) is 7. The minimum Gasteiger partial charge on any atom is -0.478 e. The molecule has 0 radical (unpaired) electrons. The van der Waals surface area contributed by atoms with Gasteiger partial charge in [-0.1, -0.05) is 45.0 Å². The highest BCUT2D eigenvalue weighted by atomic mass is 16.4. The van der Waals surface area contributed by atoms with Crippen LogP contribution in [0.25, 0.3) is 0 Å². The summed E-state index contributed by atoms with van der Waals surface area (Å²) in [6.07, 6.45) is 4.17. The Balaban J connectivity index is -0.000000118. The molecule has 14 nitrogen and oxygen atoms in total. The predicted molar refractivity (Wildman–Crippen MR) is 130 cm³/mol. The summed E-state index contributed by atoms with van der Waals surface area (Å²) in [5.41, 5.74) is -0.380. The van der Waals surface area contributed by atoms with E-state index in [1.807, 2.05) is 0 Å². The first-order valence-electron chi connectivity index (χ1n) is 8.81. The fourth-order valence-electron chi connectivity index (χ4n) is 0.856. The van der Waals surface area contributed by atoms with Gasteiger partial charge < -0.3 is 35.7 Å². The van der Waals surface area contributed by atoms with Gasteiger partial charge in [-0.15, -0.1) is 0 Å². The van der Waals surface area contributed by atoms with Gasteiger partial charge in [-0.2, -0.15) is 0 Å². The van der Waals surface area contributed by atoms with Gasteiger partial charge in [0.1, 0.15) is 0 Å². The second kappa shape index (κ2) is 28.2. The molecular formula is C23H26O14. The predicted octanol–water partition coefficient (Wildman–Crippen LogP) is 2.37. The molecule has 14 heteroatoms. The molecule has 1 aromatic carbocycles. The standard InChI is InChI=1S/C8H6O4.5C3H4O2/c9-7(10)5-3-1-2-4-6(5)8(11)12;5*1-2-3(4)5/h1-4H,(H,9,10)(H,11,12);5*2H,1H2,(H,4,5). The maximum Gasteiger partial charge on any atom is 0.336 e. The lowest BCUT2D eigenvalue weighted by Crippen LogP contribution is -2.06. The van der Waals surface area contributed by atoms with E-state index in [2.05, 4.69) is 32.9 Å². The second-order valence-electron chi connectivity index (χ2n) is 4.87. The molecule has 0 aliphatic rings. The van der Waals surface area contributed by atoms with E-state index in [9.17, 15) is 33.6 Å². The van der Waals surface area contributed by atoms with Gasteiger partial charge in [0.2, 0.25) is 0 Å². The normalized spacial score (nSPS) is 7.35. The van der Waals surface area contributed by atoms with Crippen LogP contribution in [0.15, 0.2) is 87.5 Å². The van der Waals surface area contributed by atoms with Crippen molar-refractivity contribution in [3.8, 4) is 0 Å². The van der Waals surface area contributed by atoms with Crippen LogP contribution in [-0.4, -0.2) is 77.5 Å². The topological polar surface area (TPSA) is 261 Å². The summed E-state index contributed by atoms with van der Waals surface area (Å²) < 4.78 is 0. The maximum absolute atomic E-state index is 10.5. The highest BCUT2D eigenvalue weighted by Gasteiger charge is 2.13. The van der Waals surface area contributed by atoms with Crippen molar-refractivity contribution in [1.82, 2.24) is 0 Å². The molecule has 0 bridgehead atoms. The van der Waals surface area contributed by atoms with Gasteiger partial charge in [0, 0.05) is 30.4 Å². The molecule has 7 N–H and O–H groups in total. The number of carboxylic acid groups (broad SMARTS) is 7. The molecule has 0 fully saturated rings. The first-order valence-corrected chi connectivity index (χ1v) is 8.81. The van der Waals surface area contributed by atoms with Crippen LogP contribution in [0.2, 0.25) is 0 Å². The van der Waals surface area contributed by atoms with Gasteiger partial charge in [-0.3, -0.25) is 0 Å². The Kier molecular flexibility index (Phi) is 31.6. The maximum atomic E-state index is 10.5. The largest absolute Gasteiger partial charge is 0.478 e. The zero-order valence-corrected chi connectivity index (χ0v) is 19.2. The van der Waals surface area contributed by atoms with Crippen LogP contribution in [0.1, 0.15) is 20.7 Å². The van der Waals surface area contributed by atoms with E-state index in [0.717, 1.165) is 30.4 Å². The van der Waals surface area contributed by atoms with Gasteiger partial charge in [0.05, 0.1) is 11.1 Å². The summed E-state index contributed by atoms with van der Waals surface area (Å²) in [7, 11) is 0. The Morgan fingerprint density at radius 1 is 0.432 bits per heavy atom. The third-order valence-electron chi connectivity index (χ3n) is 2.26. The molecule has 0 spiro atoms. The Hall–Kier alpha value is -5.79. The molecule has 0 amide bonds. The molecule has 0 saturated carbocycles. The third kappa shape index (κ3) is 44.6. The van der Waals surface area contributed by atoms with Crippen LogP contribution < -0.4 is 0 Å². The SMILES string of the molecule is C=CC(=O)O.C=CC(=O)O.C=CC(=O)O.C=CC(=O)O.C=CC(=O)O.O=C(O)c1ccccc1C(=O)O. The summed E-state index contributed by atoms with van der Waals surface area (Å²) in [5, 5.41) is 55.1. The average molecular weight is 526 g/mol. The minimum absolute atomic E-state index is 0.190. The highest BCUT2D eigenvalue weighted by Crippen LogP contribution is 2.07. The Labute approximate surface area is 210 Å².